The van der Waals surface area contributed by atoms with E-state index in [-0.39, 0.29) is 0 Å². The monoisotopic (exact) mass is 208 g/mol. The molecule has 4 heteroatoms. The molecule has 1 atom stereocenters. The topological polar surface area (TPSA) is 78.3 Å². The summed E-state index contributed by atoms with van der Waals surface area (Å²) in [5.74, 6) is 0.273. The maximum Gasteiger partial charge on any atom is 0.237 e. The molecule has 1 aromatic carbocycles. The first kappa shape index (κ1) is 11.5. The fourth-order valence-electron chi connectivity index (χ4n) is 1.25. The molecule has 0 spiro atoms. The Labute approximate surface area is 89.2 Å². The van der Waals surface area contributed by atoms with Crippen LogP contribution in [0.3, 0.4) is 0 Å². The number of benzene rings is 1. The summed E-state index contributed by atoms with van der Waals surface area (Å²) in [6.45, 7) is 1.62. The van der Waals surface area contributed by atoms with Crippen LogP contribution >= 0.6 is 0 Å². The van der Waals surface area contributed by atoms with Crippen molar-refractivity contribution in [2.45, 2.75) is 18.9 Å². The molecule has 0 heterocycles. The molecule has 1 amide bonds. The van der Waals surface area contributed by atoms with E-state index >= 15 is 0 Å². The van der Waals surface area contributed by atoms with Crippen LogP contribution in [0.1, 0.15) is 12.5 Å². The van der Waals surface area contributed by atoms with E-state index in [1.807, 2.05) is 24.3 Å². The van der Waals surface area contributed by atoms with Crippen molar-refractivity contribution in [2.75, 3.05) is 7.11 Å². The third-order valence-corrected chi connectivity index (χ3v) is 2.29. The van der Waals surface area contributed by atoms with Crippen molar-refractivity contribution in [2.24, 2.45) is 11.5 Å². The molecular formula is C11H16N2O2. The molecule has 0 aromatic heterocycles. The zero-order valence-electron chi connectivity index (χ0n) is 8.99. The molecule has 4 nitrogen and oxygen atoms in total. The highest BCUT2D eigenvalue weighted by Crippen LogP contribution is 2.15. The Morgan fingerprint density at radius 2 is 1.93 bits per heavy atom. The summed E-state index contributed by atoms with van der Waals surface area (Å²) in [6.07, 6.45) is 0.423. The van der Waals surface area contributed by atoms with E-state index in [0.717, 1.165) is 11.3 Å². The molecule has 0 aliphatic carbocycles. The minimum atomic E-state index is -1.01. The Bertz CT molecular complexity index is 344. The van der Waals surface area contributed by atoms with Gasteiger partial charge in [0.2, 0.25) is 5.91 Å². The molecule has 82 valence electrons. The van der Waals surface area contributed by atoms with Crippen LogP contribution in [0.5, 0.6) is 5.75 Å². The largest absolute Gasteiger partial charge is 0.497 e. The lowest BCUT2D eigenvalue weighted by molar-refractivity contribution is -0.122. The standard InChI is InChI=1S/C11H16N2O2/c1-11(13,10(12)14)7-8-3-5-9(15-2)6-4-8/h3-6H,7,13H2,1-2H3,(H2,12,14)/t11-/m1/s1. The number of primary amides is 1. The number of methoxy groups -OCH3 is 1. The van der Waals surface area contributed by atoms with Crippen LogP contribution in [-0.4, -0.2) is 18.6 Å². The summed E-state index contributed by atoms with van der Waals surface area (Å²) in [5, 5.41) is 0. The van der Waals surface area contributed by atoms with Gasteiger partial charge in [-0.2, -0.15) is 0 Å². The summed E-state index contributed by atoms with van der Waals surface area (Å²) in [6, 6.07) is 7.39. The molecule has 0 bridgehead atoms. The van der Waals surface area contributed by atoms with Gasteiger partial charge in [-0.25, -0.2) is 0 Å². The van der Waals surface area contributed by atoms with Crippen LogP contribution in [-0.2, 0) is 11.2 Å². The summed E-state index contributed by atoms with van der Waals surface area (Å²) in [4.78, 5) is 11.0. The van der Waals surface area contributed by atoms with E-state index in [1.54, 1.807) is 14.0 Å². The maximum atomic E-state index is 11.0. The number of rotatable bonds is 4. The van der Waals surface area contributed by atoms with Crippen LogP contribution in [0, 0.1) is 0 Å². The van der Waals surface area contributed by atoms with Crippen molar-refractivity contribution >= 4 is 5.91 Å². The van der Waals surface area contributed by atoms with E-state index in [2.05, 4.69) is 0 Å². The summed E-state index contributed by atoms with van der Waals surface area (Å²) in [7, 11) is 1.60. The van der Waals surface area contributed by atoms with E-state index in [4.69, 9.17) is 16.2 Å². The fourth-order valence-corrected chi connectivity index (χ4v) is 1.25. The number of hydrogen-bond acceptors (Lipinski definition) is 3. The molecule has 0 aliphatic heterocycles. The van der Waals surface area contributed by atoms with Crippen molar-refractivity contribution < 1.29 is 9.53 Å². The van der Waals surface area contributed by atoms with Gasteiger partial charge in [-0.05, 0) is 31.0 Å². The highest BCUT2D eigenvalue weighted by Gasteiger charge is 2.25. The van der Waals surface area contributed by atoms with E-state index in [9.17, 15) is 4.79 Å². The van der Waals surface area contributed by atoms with Crippen LogP contribution in [0.25, 0.3) is 0 Å². The van der Waals surface area contributed by atoms with E-state index in [0.29, 0.717) is 6.42 Å². The molecular weight excluding hydrogens is 192 g/mol. The molecule has 1 aromatic rings. The smallest absolute Gasteiger partial charge is 0.237 e. The number of carbonyl (C=O) groups excluding carboxylic acids is 1. The van der Waals surface area contributed by atoms with Gasteiger partial charge in [-0.1, -0.05) is 12.1 Å². The van der Waals surface area contributed by atoms with Gasteiger partial charge in [0.05, 0.1) is 12.6 Å². The normalized spacial score (nSPS) is 14.3. The summed E-state index contributed by atoms with van der Waals surface area (Å²) >= 11 is 0. The third kappa shape index (κ3) is 2.95. The highest BCUT2D eigenvalue weighted by atomic mass is 16.5. The number of amides is 1. The summed E-state index contributed by atoms with van der Waals surface area (Å²) in [5.41, 5.74) is 10.9. The van der Waals surface area contributed by atoms with Crippen LogP contribution in [0.2, 0.25) is 0 Å². The average molecular weight is 208 g/mol. The SMILES string of the molecule is COc1ccc(C[C@@](C)(N)C(N)=O)cc1. The first-order valence-corrected chi connectivity index (χ1v) is 4.67. The second kappa shape index (κ2) is 4.31. The molecule has 0 radical (unpaired) electrons. The second-order valence-corrected chi connectivity index (χ2v) is 3.81. The van der Waals surface area contributed by atoms with Crippen LogP contribution < -0.4 is 16.2 Å². The Morgan fingerprint density at radius 1 is 1.40 bits per heavy atom. The molecule has 4 N–H and O–H groups in total. The fraction of sp³-hybridized carbons (Fsp3) is 0.364. The van der Waals surface area contributed by atoms with Crippen molar-refractivity contribution in [1.82, 2.24) is 0 Å². The van der Waals surface area contributed by atoms with Gasteiger partial charge >= 0.3 is 0 Å². The lowest BCUT2D eigenvalue weighted by Crippen LogP contribution is -2.51. The molecule has 1 rings (SSSR count). The first-order valence-electron chi connectivity index (χ1n) is 4.67. The minimum Gasteiger partial charge on any atom is -0.497 e. The number of ether oxygens (including phenoxy) is 1. The number of hydrogen-bond donors (Lipinski definition) is 2. The average Bonchev–Trinajstić information content (AvgIpc) is 2.18. The Morgan fingerprint density at radius 3 is 2.33 bits per heavy atom. The Hall–Kier alpha value is -1.55. The molecule has 0 fully saturated rings. The van der Waals surface area contributed by atoms with Gasteiger partial charge < -0.3 is 16.2 Å². The van der Waals surface area contributed by atoms with Gasteiger partial charge in [-0.3, -0.25) is 4.79 Å². The Kier molecular flexibility index (Phi) is 3.31. The molecule has 0 unspecified atom stereocenters. The zero-order valence-corrected chi connectivity index (χ0v) is 8.99. The van der Waals surface area contributed by atoms with Crippen LogP contribution in [0.15, 0.2) is 24.3 Å². The zero-order chi connectivity index (χ0) is 11.5. The third-order valence-electron chi connectivity index (χ3n) is 2.29. The molecule has 0 saturated carbocycles. The molecule has 15 heavy (non-hydrogen) atoms. The summed E-state index contributed by atoms with van der Waals surface area (Å²) < 4.78 is 5.02. The van der Waals surface area contributed by atoms with Gasteiger partial charge in [0, 0.05) is 0 Å². The lowest BCUT2D eigenvalue weighted by atomic mass is 9.93. The van der Waals surface area contributed by atoms with Gasteiger partial charge in [0.25, 0.3) is 0 Å². The molecule has 0 aliphatic rings. The van der Waals surface area contributed by atoms with Gasteiger partial charge in [0.1, 0.15) is 5.75 Å². The quantitative estimate of drug-likeness (QED) is 0.753. The molecule has 0 saturated heterocycles. The van der Waals surface area contributed by atoms with E-state index < -0.39 is 11.4 Å². The predicted molar refractivity (Wildman–Crippen MR) is 58.5 cm³/mol. The van der Waals surface area contributed by atoms with Crippen molar-refractivity contribution in [3.8, 4) is 5.75 Å². The lowest BCUT2D eigenvalue weighted by Gasteiger charge is -2.20. The first-order chi connectivity index (χ1) is 6.95. The van der Waals surface area contributed by atoms with Crippen LogP contribution in [0.4, 0.5) is 0 Å². The highest BCUT2D eigenvalue weighted by molar-refractivity contribution is 5.84. The predicted octanol–water partition coefficient (Wildman–Crippen LogP) is 0.440. The number of carbonyl (C=O) groups is 1. The number of nitrogens with two attached hydrogens (primary N) is 2. The van der Waals surface area contributed by atoms with Crippen molar-refractivity contribution in [3.63, 3.8) is 0 Å². The minimum absolute atomic E-state index is 0.423. The van der Waals surface area contributed by atoms with E-state index in [1.165, 1.54) is 0 Å². The van der Waals surface area contributed by atoms with Crippen molar-refractivity contribution in [3.05, 3.63) is 29.8 Å². The Balaban J connectivity index is 2.77. The maximum absolute atomic E-state index is 11.0. The van der Waals surface area contributed by atoms with Gasteiger partial charge in [0.15, 0.2) is 0 Å². The second-order valence-electron chi connectivity index (χ2n) is 3.81. The van der Waals surface area contributed by atoms with Crippen molar-refractivity contribution in [1.29, 1.82) is 0 Å². The van der Waals surface area contributed by atoms with Gasteiger partial charge in [-0.15, -0.1) is 0 Å².